The van der Waals surface area contributed by atoms with E-state index in [1.54, 1.807) is 26.1 Å². The number of methoxy groups -OCH3 is 2. The first-order valence-corrected chi connectivity index (χ1v) is 9.34. The van der Waals surface area contributed by atoms with E-state index in [1.807, 2.05) is 6.07 Å². The number of aromatic nitrogens is 2. The summed E-state index contributed by atoms with van der Waals surface area (Å²) >= 11 is 0. The van der Waals surface area contributed by atoms with Crippen molar-refractivity contribution in [3.63, 3.8) is 0 Å². The number of ether oxygens (including phenoxy) is 2. The highest BCUT2D eigenvalue weighted by molar-refractivity contribution is 5.95. The molecule has 0 unspecified atom stereocenters. The molecule has 0 spiro atoms. The van der Waals surface area contributed by atoms with Gasteiger partial charge in [0.1, 0.15) is 0 Å². The first kappa shape index (κ1) is 22.2. The molecule has 3 rings (SSSR count). The van der Waals surface area contributed by atoms with E-state index in [-0.39, 0.29) is 11.6 Å². The Morgan fingerprint density at radius 1 is 1.10 bits per heavy atom. The third-order valence-electron chi connectivity index (χ3n) is 4.87. The smallest absolute Gasteiger partial charge is 0.416 e. The predicted molar refractivity (Wildman–Crippen MR) is 109 cm³/mol. The molecule has 0 aliphatic rings. The maximum Gasteiger partial charge on any atom is 0.416 e. The number of rotatable bonds is 6. The van der Waals surface area contributed by atoms with Crippen LogP contribution in [0.15, 0.2) is 48.7 Å². The van der Waals surface area contributed by atoms with Crippen molar-refractivity contribution in [1.82, 2.24) is 14.7 Å². The van der Waals surface area contributed by atoms with Gasteiger partial charge in [-0.15, -0.1) is 0 Å². The molecule has 164 valence electrons. The summed E-state index contributed by atoms with van der Waals surface area (Å²) in [5.74, 6) is 0.832. The number of carbonyl (C=O) groups excluding carboxylic acids is 1. The first-order chi connectivity index (χ1) is 14.7. The Hall–Kier alpha value is -3.49. The second-order valence-corrected chi connectivity index (χ2v) is 6.95. The Bertz CT molecular complexity index is 1090. The standard InChI is InChI=1S/C22H22F3N3O3/c1-14-18(12-26-28(14)17-7-5-6-16(11-17)22(23,24)25)21(29)27(2)13-15-8-9-19(30-3)20(10-15)31-4/h5-12H,13H2,1-4H3. The van der Waals surface area contributed by atoms with Gasteiger partial charge in [-0.2, -0.15) is 18.3 Å². The molecule has 1 heterocycles. The van der Waals surface area contributed by atoms with Crippen molar-refractivity contribution >= 4 is 5.91 Å². The van der Waals surface area contributed by atoms with Crippen LogP contribution in [-0.2, 0) is 12.7 Å². The summed E-state index contributed by atoms with van der Waals surface area (Å²) in [5, 5.41) is 4.13. The molecule has 0 atom stereocenters. The van der Waals surface area contributed by atoms with E-state index >= 15 is 0 Å². The molecule has 0 N–H and O–H groups in total. The molecule has 31 heavy (non-hydrogen) atoms. The molecule has 6 nitrogen and oxygen atoms in total. The molecular weight excluding hydrogens is 411 g/mol. The zero-order valence-electron chi connectivity index (χ0n) is 17.5. The van der Waals surface area contributed by atoms with Crippen LogP contribution >= 0.6 is 0 Å². The number of carbonyl (C=O) groups is 1. The number of nitrogens with zero attached hydrogens (tertiary/aromatic N) is 3. The highest BCUT2D eigenvalue weighted by Crippen LogP contribution is 2.31. The van der Waals surface area contributed by atoms with E-state index in [0.717, 1.165) is 17.7 Å². The lowest BCUT2D eigenvalue weighted by Crippen LogP contribution is -2.26. The van der Waals surface area contributed by atoms with E-state index < -0.39 is 11.7 Å². The van der Waals surface area contributed by atoms with Crippen LogP contribution < -0.4 is 9.47 Å². The Labute approximate surface area is 177 Å². The van der Waals surface area contributed by atoms with E-state index in [2.05, 4.69) is 5.10 Å². The van der Waals surface area contributed by atoms with Crippen LogP contribution in [0.4, 0.5) is 13.2 Å². The summed E-state index contributed by atoms with van der Waals surface area (Å²) in [6, 6.07) is 10.2. The van der Waals surface area contributed by atoms with Crippen molar-refractivity contribution in [3.05, 3.63) is 71.0 Å². The molecule has 1 amide bonds. The van der Waals surface area contributed by atoms with E-state index in [1.165, 1.54) is 42.1 Å². The summed E-state index contributed by atoms with van der Waals surface area (Å²) < 4.78 is 50.9. The third kappa shape index (κ3) is 4.65. The molecule has 0 saturated heterocycles. The second-order valence-electron chi connectivity index (χ2n) is 6.95. The molecule has 0 bridgehead atoms. The predicted octanol–water partition coefficient (Wildman–Crippen LogP) is 4.49. The Balaban J connectivity index is 1.83. The summed E-state index contributed by atoms with van der Waals surface area (Å²) in [6.07, 6.45) is -3.10. The van der Waals surface area contributed by atoms with Gasteiger partial charge in [-0.3, -0.25) is 4.79 Å². The number of alkyl halides is 3. The van der Waals surface area contributed by atoms with Crippen molar-refractivity contribution in [3.8, 4) is 17.2 Å². The molecule has 0 radical (unpaired) electrons. The Morgan fingerprint density at radius 3 is 2.45 bits per heavy atom. The molecule has 0 fully saturated rings. The van der Waals surface area contributed by atoms with Crippen molar-refractivity contribution in [2.45, 2.75) is 19.6 Å². The van der Waals surface area contributed by atoms with E-state index in [0.29, 0.717) is 29.3 Å². The van der Waals surface area contributed by atoms with Gasteiger partial charge < -0.3 is 14.4 Å². The first-order valence-electron chi connectivity index (χ1n) is 9.34. The molecule has 1 aromatic heterocycles. The molecule has 0 aliphatic carbocycles. The molecule has 9 heteroatoms. The van der Waals surface area contributed by atoms with Crippen molar-refractivity contribution in [2.75, 3.05) is 21.3 Å². The number of benzene rings is 2. The van der Waals surface area contributed by atoms with Gasteiger partial charge in [0.15, 0.2) is 11.5 Å². The normalized spacial score (nSPS) is 11.3. The van der Waals surface area contributed by atoms with Gasteiger partial charge in [0.05, 0.1) is 42.9 Å². The van der Waals surface area contributed by atoms with Crippen molar-refractivity contribution in [2.24, 2.45) is 0 Å². The summed E-state index contributed by atoms with van der Waals surface area (Å²) in [5.41, 5.74) is 1.03. The van der Waals surface area contributed by atoms with Crippen LogP contribution in [0.2, 0.25) is 0 Å². The van der Waals surface area contributed by atoms with Gasteiger partial charge in [-0.25, -0.2) is 4.68 Å². The zero-order chi connectivity index (χ0) is 22.8. The van der Waals surface area contributed by atoms with Gasteiger partial charge in [0.25, 0.3) is 5.91 Å². The third-order valence-corrected chi connectivity index (χ3v) is 4.87. The summed E-state index contributed by atoms with van der Waals surface area (Å²) in [4.78, 5) is 14.5. The van der Waals surface area contributed by atoms with Gasteiger partial charge >= 0.3 is 6.18 Å². The Morgan fingerprint density at radius 2 is 1.81 bits per heavy atom. The lowest BCUT2D eigenvalue weighted by Gasteiger charge is -2.18. The van der Waals surface area contributed by atoms with Crippen LogP contribution in [0.5, 0.6) is 11.5 Å². The minimum absolute atomic E-state index is 0.230. The monoisotopic (exact) mass is 433 g/mol. The second kappa shape index (κ2) is 8.71. The minimum atomic E-state index is -4.46. The van der Waals surface area contributed by atoms with Crippen LogP contribution in [0.25, 0.3) is 5.69 Å². The summed E-state index contributed by atoms with van der Waals surface area (Å²) in [7, 11) is 4.71. The maximum atomic E-state index is 13.0. The van der Waals surface area contributed by atoms with Gasteiger partial charge in [-0.1, -0.05) is 12.1 Å². The highest BCUT2D eigenvalue weighted by Gasteiger charge is 2.31. The van der Waals surface area contributed by atoms with Crippen LogP contribution in [-0.4, -0.2) is 41.9 Å². The number of hydrogen-bond donors (Lipinski definition) is 0. The van der Waals surface area contributed by atoms with Crippen LogP contribution in [0, 0.1) is 6.92 Å². The van der Waals surface area contributed by atoms with Crippen molar-refractivity contribution < 1.29 is 27.4 Å². The molecule has 3 aromatic rings. The molecule has 0 aliphatic heterocycles. The Kier molecular flexibility index (Phi) is 6.24. The van der Waals surface area contributed by atoms with Gasteiger partial charge in [-0.05, 0) is 42.8 Å². The van der Waals surface area contributed by atoms with E-state index in [9.17, 15) is 18.0 Å². The van der Waals surface area contributed by atoms with Gasteiger partial charge in [0, 0.05) is 13.6 Å². The minimum Gasteiger partial charge on any atom is -0.493 e. The average molecular weight is 433 g/mol. The average Bonchev–Trinajstić information content (AvgIpc) is 3.13. The number of halogens is 3. The largest absolute Gasteiger partial charge is 0.493 e. The van der Waals surface area contributed by atoms with Crippen LogP contribution in [0.3, 0.4) is 0 Å². The zero-order valence-corrected chi connectivity index (χ0v) is 17.5. The lowest BCUT2D eigenvalue weighted by atomic mass is 10.1. The van der Waals surface area contributed by atoms with Gasteiger partial charge in [0.2, 0.25) is 0 Å². The van der Waals surface area contributed by atoms with Crippen LogP contribution in [0.1, 0.15) is 27.2 Å². The maximum absolute atomic E-state index is 13.0. The fraction of sp³-hybridized carbons (Fsp3) is 0.273. The quantitative estimate of drug-likeness (QED) is 0.575. The topological polar surface area (TPSA) is 56.6 Å². The SMILES string of the molecule is COc1ccc(CN(C)C(=O)c2cnn(-c3cccc(C(F)(F)F)c3)c2C)cc1OC. The molecule has 2 aromatic carbocycles. The fourth-order valence-electron chi connectivity index (χ4n) is 3.22. The summed E-state index contributed by atoms with van der Waals surface area (Å²) in [6.45, 7) is 1.94. The molecular formula is C22H22F3N3O3. The number of amides is 1. The van der Waals surface area contributed by atoms with Crippen molar-refractivity contribution in [1.29, 1.82) is 0 Å². The lowest BCUT2D eigenvalue weighted by molar-refractivity contribution is -0.137. The van der Waals surface area contributed by atoms with E-state index in [4.69, 9.17) is 9.47 Å². The number of hydrogen-bond acceptors (Lipinski definition) is 4. The molecule has 0 saturated carbocycles. The fourth-order valence-corrected chi connectivity index (χ4v) is 3.22. The highest BCUT2D eigenvalue weighted by atomic mass is 19.4.